The monoisotopic (exact) mass is 243 g/mol. The molecule has 16 heavy (non-hydrogen) atoms. The Morgan fingerprint density at radius 2 is 2.38 bits per heavy atom. The van der Waals surface area contributed by atoms with Gasteiger partial charge in [0.15, 0.2) is 0 Å². The molecule has 0 aromatic rings. The van der Waals surface area contributed by atoms with Crippen molar-refractivity contribution in [2.24, 2.45) is 10.9 Å². The average molecular weight is 243 g/mol. The van der Waals surface area contributed by atoms with Crippen molar-refractivity contribution in [2.45, 2.75) is 11.4 Å². The van der Waals surface area contributed by atoms with Gasteiger partial charge < -0.3 is 16.0 Å². The minimum Gasteiger partial charge on any atom is -0.477 e. The number of aliphatic carboxylic acids is 1. The fourth-order valence-corrected chi connectivity index (χ4v) is 2.95. The lowest BCUT2D eigenvalue weighted by atomic mass is 10.0. The molecule has 0 radical (unpaired) electrons. The molecule has 4 N–H and O–H groups in total. The van der Waals surface area contributed by atoms with Crippen LogP contribution >= 0.6 is 11.8 Å². The number of rotatable bonds is 2. The molecule has 7 nitrogen and oxygen atoms in total. The van der Waals surface area contributed by atoms with Crippen LogP contribution in [-0.4, -0.2) is 50.5 Å². The first-order chi connectivity index (χ1) is 7.57. The van der Waals surface area contributed by atoms with Crippen LogP contribution in [0.3, 0.4) is 0 Å². The predicted molar refractivity (Wildman–Crippen MR) is 56.0 cm³/mol. The summed E-state index contributed by atoms with van der Waals surface area (Å²) in [4.78, 5) is 23.6. The summed E-state index contributed by atoms with van der Waals surface area (Å²) in [6.07, 6.45) is 1.03. The first kappa shape index (κ1) is 11.0. The fourth-order valence-electron chi connectivity index (χ4n) is 1.71. The molecule has 0 saturated carbocycles. The van der Waals surface area contributed by atoms with Gasteiger partial charge in [-0.25, -0.2) is 4.79 Å². The zero-order chi connectivity index (χ0) is 11.9. The number of nitrogens with two attached hydrogens (primary N) is 1. The smallest absolute Gasteiger partial charge is 0.353 e. The van der Waals surface area contributed by atoms with Gasteiger partial charge in [-0.05, 0) is 0 Å². The molecule has 0 spiro atoms. The minimum absolute atomic E-state index is 0.145. The molecule has 1 amide bonds. The van der Waals surface area contributed by atoms with Gasteiger partial charge in [-0.3, -0.25) is 9.69 Å². The van der Waals surface area contributed by atoms with Crippen molar-refractivity contribution in [1.29, 1.82) is 0 Å². The molecule has 1 saturated heterocycles. The summed E-state index contributed by atoms with van der Waals surface area (Å²) >= 11 is 1.35. The van der Waals surface area contributed by atoms with Gasteiger partial charge in [-0.15, -0.1) is 11.8 Å². The molecule has 0 bridgehead atoms. The Kier molecular flexibility index (Phi) is 2.60. The van der Waals surface area contributed by atoms with E-state index < -0.39 is 17.9 Å². The van der Waals surface area contributed by atoms with E-state index in [0.717, 1.165) is 11.1 Å². The first-order valence-corrected chi connectivity index (χ1v) is 5.47. The third-order valence-electron chi connectivity index (χ3n) is 2.46. The molecular weight excluding hydrogens is 234 g/mol. The Bertz CT molecular complexity index is 420. The molecule has 1 unspecified atom stereocenters. The van der Waals surface area contributed by atoms with Crippen LogP contribution in [0.5, 0.6) is 0 Å². The molecule has 0 aromatic heterocycles. The number of β-lactam (4-membered cyclic amide) rings is 1. The van der Waals surface area contributed by atoms with Crippen LogP contribution in [0.4, 0.5) is 0 Å². The Hall–Kier alpha value is -1.54. The van der Waals surface area contributed by atoms with Crippen LogP contribution in [-0.2, 0) is 9.59 Å². The summed E-state index contributed by atoms with van der Waals surface area (Å²) in [5.74, 6) is -1.28. The molecule has 2 heterocycles. The average Bonchev–Trinajstić information content (AvgIpc) is 2.27. The number of thioether (sulfide) groups is 1. The second-order valence-corrected chi connectivity index (χ2v) is 4.46. The van der Waals surface area contributed by atoms with Gasteiger partial charge in [0.05, 0.1) is 6.21 Å². The number of nitrogens with zero attached hydrogens (tertiary/aromatic N) is 2. The number of fused-ring (bicyclic) bond motifs is 1. The zero-order valence-corrected chi connectivity index (χ0v) is 8.85. The van der Waals surface area contributed by atoms with Crippen molar-refractivity contribution in [3.8, 4) is 0 Å². The number of hydrogen-bond donors (Lipinski definition) is 3. The van der Waals surface area contributed by atoms with E-state index >= 15 is 0 Å². The van der Waals surface area contributed by atoms with E-state index in [9.17, 15) is 9.59 Å². The quantitative estimate of drug-likeness (QED) is 0.248. The highest BCUT2D eigenvalue weighted by Gasteiger charge is 2.51. The maximum absolute atomic E-state index is 11.4. The van der Waals surface area contributed by atoms with E-state index in [1.807, 2.05) is 0 Å². The van der Waals surface area contributed by atoms with Crippen LogP contribution in [0.25, 0.3) is 0 Å². The lowest BCUT2D eigenvalue weighted by Gasteiger charge is -2.47. The summed E-state index contributed by atoms with van der Waals surface area (Å²) in [6, 6.07) is -0.646. The minimum atomic E-state index is -1.22. The Morgan fingerprint density at radius 1 is 1.69 bits per heavy atom. The number of carbonyl (C=O) groups excluding carboxylic acids is 1. The van der Waals surface area contributed by atoms with Crippen LogP contribution < -0.4 is 5.73 Å². The van der Waals surface area contributed by atoms with E-state index in [1.165, 1.54) is 11.8 Å². The first-order valence-electron chi connectivity index (χ1n) is 4.42. The Morgan fingerprint density at radius 3 is 2.94 bits per heavy atom. The van der Waals surface area contributed by atoms with Crippen molar-refractivity contribution in [2.75, 3.05) is 5.75 Å². The molecule has 2 atom stereocenters. The van der Waals surface area contributed by atoms with Gasteiger partial charge in [0.1, 0.15) is 17.1 Å². The molecule has 2 rings (SSSR count). The third kappa shape index (κ3) is 1.38. The summed E-state index contributed by atoms with van der Waals surface area (Å²) in [5, 5.41) is 19.9. The molecule has 0 aliphatic carbocycles. The number of carbonyl (C=O) groups is 2. The number of amides is 1. The normalized spacial score (nSPS) is 29.3. The van der Waals surface area contributed by atoms with Gasteiger partial charge in [0, 0.05) is 11.3 Å². The Balaban J connectivity index is 2.41. The van der Waals surface area contributed by atoms with Gasteiger partial charge in [0.25, 0.3) is 0 Å². The van der Waals surface area contributed by atoms with Crippen molar-refractivity contribution in [3.05, 3.63) is 11.3 Å². The predicted octanol–water partition coefficient (Wildman–Crippen LogP) is -0.972. The lowest BCUT2D eigenvalue weighted by molar-refractivity contribution is -0.147. The van der Waals surface area contributed by atoms with E-state index in [2.05, 4.69) is 5.16 Å². The standard InChI is InChI=1S/C8H9N3O4S/c9-4-6(12)11-5(8(13)14)3(1-10-15)2-16-7(4)11/h1,4,7,15H,2,9H2,(H,13,14)/t4?,7-/m1/s1. The molecule has 8 heteroatoms. The van der Waals surface area contributed by atoms with Crippen molar-refractivity contribution in [1.82, 2.24) is 4.90 Å². The van der Waals surface area contributed by atoms with E-state index in [0.29, 0.717) is 11.3 Å². The number of carboxylic acids is 1. The summed E-state index contributed by atoms with van der Waals surface area (Å²) in [5.41, 5.74) is 5.70. The van der Waals surface area contributed by atoms with Crippen LogP contribution in [0.2, 0.25) is 0 Å². The number of oxime groups is 1. The van der Waals surface area contributed by atoms with E-state index in [-0.39, 0.29) is 11.1 Å². The summed E-state index contributed by atoms with van der Waals surface area (Å²) in [6.45, 7) is 0. The Labute approximate surface area is 94.6 Å². The largest absolute Gasteiger partial charge is 0.477 e. The third-order valence-corrected chi connectivity index (χ3v) is 3.78. The molecule has 1 fully saturated rings. The zero-order valence-electron chi connectivity index (χ0n) is 8.03. The second kappa shape index (κ2) is 3.80. The highest BCUT2D eigenvalue weighted by molar-refractivity contribution is 8.00. The topological polar surface area (TPSA) is 116 Å². The molecular formula is C8H9N3O4S. The van der Waals surface area contributed by atoms with Crippen molar-refractivity contribution in [3.63, 3.8) is 0 Å². The van der Waals surface area contributed by atoms with E-state index in [4.69, 9.17) is 16.0 Å². The van der Waals surface area contributed by atoms with Gasteiger partial charge >= 0.3 is 5.97 Å². The summed E-state index contributed by atoms with van der Waals surface area (Å²) < 4.78 is 0. The van der Waals surface area contributed by atoms with Crippen LogP contribution in [0.1, 0.15) is 0 Å². The fraction of sp³-hybridized carbons (Fsp3) is 0.375. The molecule has 86 valence electrons. The molecule has 2 aliphatic heterocycles. The van der Waals surface area contributed by atoms with Crippen LogP contribution in [0, 0.1) is 0 Å². The number of hydrogen-bond acceptors (Lipinski definition) is 6. The lowest BCUT2D eigenvalue weighted by Crippen LogP contribution is -2.68. The SMILES string of the molecule is NC1C(=O)N2C(C(=O)O)=C(C=NO)CS[C@H]12. The molecule has 2 aliphatic rings. The maximum atomic E-state index is 11.4. The maximum Gasteiger partial charge on any atom is 0.353 e. The van der Waals surface area contributed by atoms with Gasteiger partial charge in [-0.2, -0.15) is 0 Å². The highest BCUT2D eigenvalue weighted by atomic mass is 32.2. The second-order valence-electron chi connectivity index (χ2n) is 3.36. The molecule has 0 aromatic carbocycles. The van der Waals surface area contributed by atoms with Gasteiger partial charge in [0.2, 0.25) is 5.91 Å². The van der Waals surface area contributed by atoms with Crippen LogP contribution in [0.15, 0.2) is 16.4 Å². The van der Waals surface area contributed by atoms with Gasteiger partial charge in [-0.1, -0.05) is 5.16 Å². The van der Waals surface area contributed by atoms with Crippen molar-refractivity contribution < 1.29 is 19.9 Å². The summed E-state index contributed by atoms with van der Waals surface area (Å²) in [7, 11) is 0. The van der Waals surface area contributed by atoms with E-state index in [1.54, 1.807) is 0 Å². The number of carboxylic acid groups (broad SMARTS) is 1. The van der Waals surface area contributed by atoms with Crippen molar-refractivity contribution >= 4 is 29.9 Å². The highest BCUT2D eigenvalue weighted by Crippen LogP contribution is 2.38.